The van der Waals surface area contributed by atoms with Crippen molar-refractivity contribution >= 4 is 29.8 Å². The van der Waals surface area contributed by atoms with Crippen molar-refractivity contribution in [3.63, 3.8) is 0 Å². The molecule has 39 heavy (non-hydrogen) atoms. The maximum atomic E-state index is 13.9. The number of piperidine rings is 1. The van der Waals surface area contributed by atoms with Crippen molar-refractivity contribution in [1.29, 1.82) is 0 Å². The summed E-state index contributed by atoms with van der Waals surface area (Å²) in [5.41, 5.74) is -0.721. The molecule has 3 saturated heterocycles. The van der Waals surface area contributed by atoms with Gasteiger partial charge < -0.3 is 30.3 Å². The zero-order valence-electron chi connectivity index (χ0n) is 23.6. The minimum absolute atomic E-state index is 0.0203. The van der Waals surface area contributed by atoms with Crippen LogP contribution in [0.1, 0.15) is 78.6 Å². The van der Waals surface area contributed by atoms with Gasteiger partial charge in [0.25, 0.3) is 0 Å². The van der Waals surface area contributed by atoms with Gasteiger partial charge in [-0.3, -0.25) is 14.4 Å². The number of nitrogens with zero attached hydrogens (tertiary/aromatic N) is 1. The van der Waals surface area contributed by atoms with Crippen LogP contribution in [0.5, 0.6) is 0 Å². The van der Waals surface area contributed by atoms with E-state index in [4.69, 9.17) is 9.47 Å². The SMILES string of the molecule is COC(=O)[C@@H]1C[C@@H]2C(=O)NCC[C@@H]2CCCC[C@H](NC(=O)OC(C)(C)C)C(=O)N2C[C@@H]3CCC[C@@H]3[C@H]2C(=O)N1. The lowest BCUT2D eigenvalue weighted by atomic mass is 9.78. The Kier molecular flexibility index (Phi) is 9.06. The van der Waals surface area contributed by atoms with Gasteiger partial charge in [0.1, 0.15) is 23.7 Å². The zero-order chi connectivity index (χ0) is 28.3. The van der Waals surface area contributed by atoms with Crippen LogP contribution in [0.25, 0.3) is 0 Å². The fraction of sp³-hybridized carbons (Fsp3) is 0.821. The van der Waals surface area contributed by atoms with E-state index >= 15 is 0 Å². The molecule has 0 aromatic rings. The molecule has 4 aliphatic rings. The third-order valence-electron chi connectivity index (χ3n) is 8.76. The molecule has 7 atom stereocenters. The van der Waals surface area contributed by atoms with Crippen molar-refractivity contribution in [2.24, 2.45) is 23.7 Å². The number of nitrogens with one attached hydrogen (secondary N) is 3. The molecule has 4 amide bonds. The number of alkyl carbamates (subject to hydrolysis) is 1. The number of fused-ring (bicyclic) bond motifs is 4. The van der Waals surface area contributed by atoms with Crippen molar-refractivity contribution in [3.8, 4) is 0 Å². The van der Waals surface area contributed by atoms with E-state index in [2.05, 4.69) is 16.0 Å². The van der Waals surface area contributed by atoms with Crippen LogP contribution in [-0.4, -0.2) is 78.6 Å². The molecule has 4 fully saturated rings. The van der Waals surface area contributed by atoms with E-state index in [0.717, 1.165) is 38.5 Å². The topological polar surface area (TPSA) is 143 Å². The first-order valence-electron chi connectivity index (χ1n) is 14.4. The number of hydrogen-bond donors (Lipinski definition) is 3. The zero-order valence-corrected chi connectivity index (χ0v) is 23.6. The van der Waals surface area contributed by atoms with Gasteiger partial charge in [0.2, 0.25) is 17.7 Å². The number of rotatable bonds is 2. The van der Waals surface area contributed by atoms with Crippen LogP contribution in [0.15, 0.2) is 0 Å². The van der Waals surface area contributed by atoms with E-state index in [0.29, 0.717) is 25.9 Å². The van der Waals surface area contributed by atoms with E-state index in [1.165, 1.54) is 7.11 Å². The van der Waals surface area contributed by atoms with Crippen LogP contribution < -0.4 is 16.0 Å². The standard InChI is InChI=1S/C28H44N4O7/c1-28(2,3)39-27(37)31-20-11-6-5-8-16-12-13-29-23(33)19(16)14-21(26(36)38-4)30-24(34)22-18-10-7-9-17(18)15-32(22)25(20)35/h16-22H,5-15H2,1-4H3,(H,29,33)(H,30,34)(H,31,37)/t16-,17-,18-,19-,20-,21-,22-/m0/s1. The molecule has 0 aromatic carbocycles. The predicted molar refractivity (Wildman–Crippen MR) is 141 cm³/mol. The molecule has 218 valence electrons. The molecular weight excluding hydrogens is 504 g/mol. The summed E-state index contributed by atoms with van der Waals surface area (Å²) in [6.07, 6.45) is 5.55. The Balaban J connectivity index is 1.64. The van der Waals surface area contributed by atoms with Crippen molar-refractivity contribution in [2.75, 3.05) is 20.2 Å². The molecular formula is C28H44N4O7. The Morgan fingerprint density at radius 2 is 1.67 bits per heavy atom. The summed E-state index contributed by atoms with van der Waals surface area (Å²) in [4.78, 5) is 67.7. The normalized spacial score (nSPS) is 34.0. The molecule has 11 heteroatoms. The van der Waals surface area contributed by atoms with Crippen molar-refractivity contribution in [1.82, 2.24) is 20.9 Å². The van der Waals surface area contributed by atoms with Gasteiger partial charge in [-0.1, -0.05) is 19.3 Å². The molecule has 3 heterocycles. The summed E-state index contributed by atoms with van der Waals surface area (Å²) < 4.78 is 10.5. The quantitative estimate of drug-likeness (QED) is 0.447. The van der Waals surface area contributed by atoms with E-state index in [9.17, 15) is 24.0 Å². The third-order valence-corrected chi connectivity index (χ3v) is 8.76. The lowest BCUT2D eigenvalue weighted by Gasteiger charge is -2.35. The third kappa shape index (κ3) is 6.84. The molecule has 0 aromatic heterocycles. The van der Waals surface area contributed by atoms with Gasteiger partial charge in [0.15, 0.2) is 0 Å². The molecule has 0 bridgehead atoms. The Labute approximate surface area is 230 Å². The lowest BCUT2D eigenvalue weighted by Crippen LogP contribution is -2.57. The summed E-state index contributed by atoms with van der Waals surface area (Å²) in [6, 6.07) is -2.58. The second-order valence-corrected chi connectivity index (χ2v) is 12.5. The molecule has 3 N–H and O–H groups in total. The van der Waals surface area contributed by atoms with E-state index in [-0.39, 0.29) is 36.0 Å². The second-order valence-electron chi connectivity index (χ2n) is 12.5. The molecule has 4 rings (SSSR count). The van der Waals surface area contributed by atoms with E-state index < -0.39 is 47.6 Å². The van der Waals surface area contributed by atoms with Crippen LogP contribution in [0.2, 0.25) is 0 Å². The van der Waals surface area contributed by atoms with Gasteiger partial charge in [-0.2, -0.15) is 0 Å². The first kappa shape index (κ1) is 29.1. The summed E-state index contributed by atoms with van der Waals surface area (Å²) in [7, 11) is 1.27. The monoisotopic (exact) mass is 548 g/mol. The van der Waals surface area contributed by atoms with E-state index in [1.54, 1.807) is 25.7 Å². The molecule has 0 radical (unpaired) electrons. The smallest absolute Gasteiger partial charge is 0.408 e. The van der Waals surface area contributed by atoms with Crippen LogP contribution in [0.4, 0.5) is 4.79 Å². The minimum atomic E-state index is -0.991. The molecule has 0 spiro atoms. The lowest BCUT2D eigenvalue weighted by molar-refractivity contribution is -0.148. The van der Waals surface area contributed by atoms with Crippen LogP contribution >= 0.6 is 0 Å². The van der Waals surface area contributed by atoms with Gasteiger partial charge in [0, 0.05) is 19.0 Å². The Morgan fingerprint density at radius 1 is 0.949 bits per heavy atom. The highest BCUT2D eigenvalue weighted by Gasteiger charge is 2.51. The largest absolute Gasteiger partial charge is 0.467 e. The highest BCUT2D eigenvalue weighted by molar-refractivity contribution is 5.94. The maximum Gasteiger partial charge on any atom is 0.408 e. The van der Waals surface area contributed by atoms with Gasteiger partial charge in [0.05, 0.1) is 7.11 Å². The number of ether oxygens (including phenoxy) is 2. The van der Waals surface area contributed by atoms with Gasteiger partial charge in [-0.05, 0) is 77.0 Å². The molecule has 3 aliphatic heterocycles. The van der Waals surface area contributed by atoms with Crippen molar-refractivity contribution in [3.05, 3.63) is 0 Å². The molecule has 1 saturated carbocycles. The fourth-order valence-corrected chi connectivity index (χ4v) is 6.97. The summed E-state index contributed by atoms with van der Waals surface area (Å²) in [6.45, 7) is 6.29. The van der Waals surface area contributed by atoms with Crippen molar-refractivity contribution in [2.45, 2.75) is 102 Å². The highest BCUT2D eigenvalue weighted by atomic mass is 16.6. The first-order valence-corrected chi connectivity index (χ1v) is 14.4. The van der Waals surface area contributed by atoms with Gasteiger partial charge in [-0.15, -0.1) is 0 Å². The molecule has 0 unspecified atom stereocenters. The number of amides is 4. The number of carbonyl (C=O) groups is 5. The number of hydrogen-bond acceptors (Lipinski definition) is 7. The number of methoxy groups -OCH3 is 1. The van der Waals surface area contributed by atoms with Crippen LogP contribution in [0, 0.1) is 23.7 Å². The Bertz CT molecular complexity index is 964. The summed E-state index contributed by atoms with van der Waals surface area (Å²) in [5, 5.41) is 8.55. The first-order chi connectivity index (χ1) is 18.5. The predicted octanol–water partition coefficient (Wildman–Crippen LogP) is 1.88. The summed E-state index contributed by atoms with van der Waals surface area (Å²) in [5.74, 6) is -1.63. The van der Waals surface area contributed by atoms with E-state index in [1.807, 2.05) is 0 Å². The minimum Gasteiger partial charge on any atom is -0.467 e. The number of carbonyl (C=O) groups excluding carboxylic acids is 5. The summed E-state index contributed by atoms with van der Waals surface area (Å²) >= 11 is 0. The fourth-order valence-electron chi connectivity index (χ4n) is 6.97. The Morgan fingerprint density at radius 3 is 2.38 bits per heavy atom. The molecule has 11 nitrogen and oxygen atoms in total. The van der Waals surface area contributed by atoms with Gasteiger partial charge >= 0.3 is 12.1 Å². The highest BCUT2D eigenvalue weighted by Crippen LogP contribution is 2.43. The average molecular weight is 549 g/mol. The van der Waals surface area contributed by atoms with Crippen molar-refractivity contribution < 1.29 is 33.4 Å². The van der Waals surface area contributed by atoms with Crippen LogP contribution in [0.3, 0.4) is 0 Å². The van der Waals surface area contributed by atoms with Crippen LogP contribution in [-0.2, 0) is 28.7 Å². The molecule has 1 aliphatic carbocycles. The Hall–Kier alpha value is -2.85. The average Bonchev–Trinajstić information content (AvgIpc) is 3.46. The number of esters is 1. The maximum absolute atomic E-state index is 13.9. The second kappa shape index (κ2) is 12.1. The van der Waals surface area contributed by atoms with Gasteiger partial charge in [-0.25, -0.2) is 9.59 Å².